The first-order valence-electron chi connectivity index (χ1n) is 7.50. The Morgan fingerprint density at radius 2 is 2.14 bits per heavy atom. The summed E-state index contributed by atoms with van der Waals surface area (Å²) in [6.07, 6.45) is 0. The Balaban J connectivity index is 1.60. The second-order valence-corrected chi connectivity index (χ2v) is 6.21. The van der Waals surface area contributed by atoms with Crippen molar-refractivity contribution < 1.29 is 4.74 Å². The normalized spacial score (nSPS) is 16.9. The molecule has 1 unspecified atom stereocenters. The van der Waals surface area contributed by atoms with Gasteiger partial charge >= 0.3 is 0 Å². The van der Waals surface area contributed by atoms with Gasteiger partial charge in [0.05, 0.1) is 13.2 Å². The van der Waals surface area contributed by atoms with E-state index in [0.29, 0.717) is 6.04 Å². The van der Waals surface area contributed by atoms with E-state index in [1.54, 1.807) is 11.3 Å². The molecule has 0 spiro atoms. The van der Waals surface area contributed by atoms with Gasteiger partial charge in [-0.05, 0) is 47.0 Å². The molecule has 1 atom stereocenters. The zero-order valence-electron chi connectivity index (χ0n) is 12.4. The predicted octanol–water partition coefficient (Wildman–Crippen LogP) is 3.44. The monoisotopic (exact) mass is 302 g/mol. The van der Waals surface area contributed by atoms with Crippen molar-refractivity contribution >= 4 is 17.0 Å². The third kappa shape index (κ3) is 3.84. The van der Waals surface area contributed by atoms with Crippen LogP contribution in [0.4, 0.5) is 5.69 Å². The summed E-state index contributed by atoms with van der Waals surface area (Å²) in [4.78, 5) is 2.40. The van der Waals surface area contributed by atoms with E-state index in [1.807, 2.05) is 0 Å². The van der Waals surface area contributed by atoms with E-state index in [1.165, 1.54) is 16.8 Å². The standard InChI is InChI=1S/C17H22N2OS/c1-14(16-5-10-21-13-16)18-12-15-3-2-4-17(11-15)19-6-8-20-9-7-19/h2-5,10-11,13-14,18H,6-9,12H2,1H3. The molecule has 1 aliphatic heterocycles. The number of hydrogen-bond acceptors (Lipinski definition) is 4. The summed E-state index contributed by atoms with van der Waals surface area (Å²) in [5.41, 5.74) is 4.01. The first-order valence-corrected chi connectivity index (χ1v) is 8.44. The zero-order chi connectivity index (χ0) is 14.5. The maximum Gasteiger partial charge on any atom is 0.0642 e. The highest BCUT2D eigenvalue weighted by atomic mass is 32.1. The van der Waals surface area contributed by atoms with Crippen LogP contribution in [0.5, 0.6) is 0 Å². The Kier molecular flexibility index (Phi) is 4.91. The topological polar surface area (TPSA) is 24.5 Å². The highest BCUT2D eigenvalue weighted by Gasteiger charge is 2.11. The molecule has 1 fully saturated rings. The molecule has 21 heavy (non-hydrogen) atoms. The minimum absolute atomic E-state index is 0.392. The molecule has 1 aromatic carbocycles. The second kappa shape index (κ2) is 7.07. The van der Waals surface area contributed by atoms with E-state index in [-0.39, 0.29) is 0 Å². The summed E-state index contributed by atoms with van der Waals surface area (Å²) < 4.78 is 5.42. The van der Waals surface area contributed by atoms with Crippen LogP contribution >= 0.6 is 11.3 Å². The van der Waals surface area contributed by atoms with Crippen LogP contribution in [-0.4, -0.2) is 26.3 Å². The summed E-state index contributed by atoms with van der Waals surface area (Å²) >= 11 is 1.75. The molecule has 1 N–H and O–H groups in total. The lowest BCUT2D eigenvalue weighted by Gasteiger charge is -2.29. The van der Waals surface area contributed by atoms with E-state index in [9.17, 15) is 0 Å². The molecule has 2 heterocycles. The number of benzene rings is 1. The largest absolute Gasteiger partial charge is 0.378 e. The van der Waals surface area contributed by atoms with Gasteiger partial charge in [0.1, 0.15) is 0 Å². The molecule has 1 saturated heterocycles. The number of nitrogens with zero attached hydrogens (tertiary/aromatic N) is 1. The van der Waals surface area contributed by atoms with Gasteiger partial charge in [-0.1, -0.05) is 12.1 Å². The average Bonchev–Trinajstić information content (AvgIpc) is 3.08. The van der Waals surface area contributed by atoms with Crippen LogP contribution in [0.1, 0.15) is 24.1 Å². The number of ether oxygens (including phenoxy) is 1. The van der Waals surface area contributed by atoms with Gasteiger partial charge in [0.2, 0.25) is 0 Å². The van der Waals surface area contributed by atoms with Gasteiger partial charge in [0, 0.05) is 31.4 Å². The Morgan fingerprint density at radius 1 is 1.29 bits per heavy atom. The van der Waals surface area contributed by atoms with Gasteiger partial charge in [-0.25, -0.2) is 0 Å². The third-order valence-corrected chi connectivity index (χ3v) is 4.64. The summed E-state index contributed by atoms with van der Waals surface area (Å²) in [7, 11) is 0. The molecule has 1 aliphatic rings. The van der Waals surface area contributed by atoms with Gasteiger partial charge in [-0.3, -0.25) is 0 Å². The molecule has 1 aromatic heterocycles. The third-order valence-electron chi connectivity index (χ3n) is 3.94. The first-order chi connectivity index (χ1) is 10.3. The van der Waals surface area contributed by atoms with Crippen molar-refractivity contribution in [2.75, 3.05) is 31.2 Å². The molecule has 4 heteroatoms. The summed E-state index contributed by atoms with van der Waals surface area (Å²) in [6.45, 7) is 6.75. The molecule has 0 saturated carbocycles. The fourth-order valence-corrected chi connectivity index (χ4v) is 3.35. The van der Waals surface area contributed by atoms with Crippen LogP contribution in [0.2, 0.25) is 0 Å². The lowest BCUT2D eigenvalue weighted by molar-refractivity contribution is 0.122. The molecule has 2 aromatic rings. The van der Waals surface area contributed by atoms with Crippen LogP contribution in [0.15, 0.2) is 41.1 Å². The van der Waals surface area contributed by atoms with Gasteiger partial charge in [-0.2, -0.15) is 11.3 Å². The number of rotatable bonds is 5. The molecule has 0 radical (unpaired) electrons. The Hall–Kier alpha value is -1.36. The van der Waals surface area contributed by atoms with Crippen LogP contribution in [0.25, 0.3) is 0 Å². The quantitative estimate of drug-likeness (QED) is 0.916. The van der Waals surface area contributed by atoms with E-state index >= 15 is 0 Å². The van der Waals surface area contributed by atoms with Crippen LogP contribution in [-0.2, 0) is 11.3 Å². The minimum Gasteiger partial charge on any atom is -0.378 e. The number of nitrogens with one attached hydrogen (secondary N) is 1. The average molecular weight is 302 g/mol. The summed E-state index contributed by atoms with van der Waals surface area (Å²) in [6, 6.07) is 11.4. The predicted molar refractivity (Wildman–Crippen MR) is 89.0 cm³/mol. The fourth-order valence-electron chi connectivity index (χ4n) is 2.59. The van der Waals surface area contributed by atoms with Crippen molar-refractivity contribution in [2.24, 2.45) is 0 Å². The minimum atomic E-state index is 0.392. The maximum atomic E-state index is 5.42. The number of thiophene rings is 1. The van der Waals surface area contributed by atoms with Gasteiger partial charge in [0.25, 0.3) is 0 Å². The van der Waals surface area contributed by atoms with Crippen molar-refractivity contribution in [2.45, 2.75) is 19.5 Å². The molecule has 3 nitrogen and oxygen atoms in total. The molecule has 0 bridgehead atoms. The van der Waals surface area contributed by atoms with Crippen LogP contribution < -0.4 is 10.2 Å². The molecular weight excluding hydrogens is 280 g/mol. The Morgan fingerprint density at radius 3 is 2.90 bits per heavy atom. The zero-order valence-corrected chi connectivity index (χ0v) is 13.2. The smallest absolute Gasteiger partial charge is 0.0642 e. The van der Waals surface area contributed by atoms with Gasteiger partial charge in [0.15, 0.2) is 0 Å². The van der Waals surface area contributed by atoms with Gasteiger partial charge in [-0.15, -0.1) is 0 Å². The summed E-state index contributed by atoms with van der Waals surface area (Å²) in [5.74, 6) is 0. The van der Waals surface area contributed by atoms with E-state index in [2.05, 4.69) is 58.2 Å². The lowest BCUT2D eigenvalue weighted by atomic mass is 10.1. The SMILES string of the molecule is CC(NCc1cccc(N2CCOCC2)c1)c1ccsc1. The molecule has 112 valence electrons. The Bertz CT molecular complexity index is 550. The molecular formula is C17H22N2OS. The van der Waals surface area contributed by atoms with E-state index in [4.69, 9.17) is 4.74 Å². The lowest BCUT2D eigenvalue weighted by Crippen LogP contribution is -2.36. The van der Waals surface area contributed by atoms with Crippen LogP contribution in [0, 0.1) is 0 Å². The molecule has 3 rings (SSSR count). The van der Waals surface area contributed by atoms with Crippen molar-refractivity contribution in [1.82, 2.24) is 5.32 Å². The second-order valence-electron chi connectivity index (χ2n) is 5.43. The first kappa shape index (κ1) is 14.6. The van der Waals surface area contributed by atoms with Crippen LogP contribution in [0.3, 0.4) is 0 Å². The number of anilines is 1. The van der Waals surface area contributed by atoms with Gasteiger partial charge < -0.3 is 15.0 Å². The van der Waals surface area contributed by atoms with E-state index < -0.39 is 0 Å². The Labute approximate surface area is 130 Å². The molecule has 0 amide bonds. The number of hydrogen-bond donors (Lipinski definition) is 1. The highest BCUT2D eigenvalue weighted by Crippen LogP contribution is 2.19. The highest BCUT2D eigenvalue weighted by molar-refractivity contribution is 7.07. The fraction of sp³-hybridized carbons (Fsp3) is 0.412. The molecule has 0 aliphatic carbocycles. The van der Waals surface area contributed by atoms with Crippen molar-refractivity contribution in [1.29, 1.82) is 0 Å². The number of morpholine rings is 1. The van der Waals surface area contributed by atoms with E-state index in [0.717, 1.165) is 32.8 Å². The summed E-state index contributed by atoms with van der Waals surface area (Å²) in [5, 5.41) is 7.94. The van der Waals surface area contributed by atoms with Crippen molar-refractivity contribution in [3.63, 3.8) is 0 Å². The van der Waals surface area contributed by atoms with Crippen molar-refractivity contribution in [3.8, 4) is 0 Å². The van der Waals surface area contributed by atoms with Crippen molar-refractivity contribution in [3.05, 3.63) is 52.2 Å². The maximum absolute atomic E-state index is 5.42.